The molecule has 0 spiro atoms. The van der Waals surface area contributed by atoms with Crippen molar-refractivity contribution in [1.82, 2.24) is 29.3 Å². The van der Waals surface area contributed by atoms with Crippen LogP contribution in [0.4, 0.5) is 0 Å². The van der Waals surface area contributed by atoms with E-state index in [1.165, 1.54) is 22.3 Å². The second kappa shape index (κ2) is 15.2. The molecule has 5 aromatic carbocycles. The lowest BCUT2D eigenvalue weighted by molar-refractivity contribution is 1.20. The van der Waals surface area contributed by atoms with Gasteiger partial charge in [-0.1, -0.05) is 131 Å². The first-order chi connectivity index (χ1) is 31.8. The first kappa shape index (κ1) is 38.3. The quantitative estimate of drug-likeness (QED) is 0.181. The van der Waals surface area contributed by atoms with Crippen molar-refractivity contribution in [2.24, 2.45) is 0 Å². The molecule has 6 heteroatoms. The van der Waals surface area contributed by atoms with Gasteiger partial charge in [0.05, 0.1) is 45.0 Å². The van der Waals surface area contributed by atoms with Crippen LogP contribution in [-0.2, 0) is 0 Å². The fourth-order valence-corrected chi connectivity index (χ4v) is 9.48. The van der Waals surface area contributed by atoms with Crippen LogP contribution in [-0.4, -0.2) is 29.3 Å². The first-order valence-electron chi connectivity index (χ1n) is 22.2. The third-order valence-electron chi connectivity index (χ3n) is 12.8. The van der Waals surface area contributed by atoms with Crippen molar-refractivity contribution in [3.8, 4) is 44.5 Å². The molecule has 10 aromatic rings. The highest BCUT2D eigenvalue weighted by Crippen LogP contribution is 2.43. The van der Waals surface area contributed by atoms with Crippen LogP contribution in [0.25, 0.3) is 107 Å². The standard InChI is InChI=1S/C59H44N6/c1-35-11-19-39(20-12-35)54-45-27-28-46(60-45)55(40-21-13-36(2)14-22-40)48-31-32-50(62-48)57(42-25-17-38(4)18-26-42)59-43(58-53-10-7-33-65(53)52-9-6-5-8-44(52)63-58)34-51(64-59)56(49-30-29-47(54)61-49)41-23-15-37(3)16-24-41/h5-34,61-62H,1-4H3. The van der Waals surface area contributed by atoms with E-state index in [0.29, 0.717) is 0 Å². The Morgan fingerprint density at radius 2 is 0.800 bits per heavy atom. The van der Waals surface area contributed by atoms with E-state index in [4.69, 9.17) is 15.0 Å². The maximum atomic E-state index is 5.81. The molecule has 12 rings (SSSR count). The van der Waals surface area contributed by atoms with Gasteiger partial charge in [0.25, 0.3) is 0 Å². The van der Waals surface area contributed by atoms with Crippen molar-refractivity contribution < 1.29 is 0 Å². The zero-order valence-corrected chi connectivity index (χ0v) is 36.6. The third kappa shape index (κ3) is 6.61. The highest BCUT2D eigenvalue weighted by atomic mass is 14.9. The summed E-state index contributed by atoms with van der Waals surface area (Å²) in [5.74, 6) is 0. The molecule has 0 unspecified atom stereocenters. The molecular formula is C59H44N6. The summed E-state index contributed by atoms with van der Waals surface area (Å²) in [4.78, 5) is 24.7. The van der Waals surface area contributed by atoms with Crippen molar-refractivity contribution >= 4 is 62.4 Å². The second-order valence-corrected chi connectivity index (χ2v) is 17.4. The molecule has 7 heterocycles. The number of hydrogen-bond acceptors (Lipinski definition) is 3. The van der Waals surface area contributed by atoms with E-state index >= 15 is 0 Å². The number of nitrogens with zero attached hydrogens (tertiary/aromatic N) is 4. The molecule has 0 radical (unpaired) electrons. The molecule has 65 heavy (non-hydrogen) atoms. The molecule has 0 saturated carbocycles. The topological polar surface area (TPSA) is 74.7 Å². The summed E-state index contributed by atoms with van der Waals surface area (Å²) in [7, 11) is 0. The first-order valence-corrected chi connectivity index (χ1v) is 22.2. The van der Waals surface area contributed by atoms with Gasteiger partial charge in [-0.25, -0.2) is 15.0 Å². The molecule has 5 aromatic heterocycles. The minimum Gasteiger partial charge on any atom is -0.354 e. The van der Waals surface area contributed by atoms with E-state index in [1.807, 2.05) is 0 Å². The summed E-state index contributed by atoms with van der Waals surface area (Å²) < 4.78 is 2.25. The lowest BCUT2D eigenvalue weighted by atomic mass is 9.96. The zero-order valence-electron chi connectivity index (χ0n) is 36.6. The Morgan fingerprint density at radius 1 is 0.369 bits per heavy atom. The fraction of sp³-hybridized carbons (Fsp3) is 0.0678. The Kier molecular flexibility index (Phi) is 8.95. The van der Waals surface area contributed by atoms with E-state index in [1.54, 1.807) is 0 Å². The van der Waals surface area contributed by atoms with Crippen molar-refractivity contribution in [2.45, 2.75) is 27.7 Å². The Labute approximate surface area is 377 Å². The molecule has 310 valence electrons. The maximum absolute atomic E-state index is 5.81. The molecule has 2 N–H and O–H groups in total. The van der Waals surface area contributed by atoms with E-state index in [0.717, 1.165) is 117 Å². The number of H-pyrrole nitrogens is 2. The lowest BCUT2D eigenvalue weighted by Gasteiger charge is -2.12. The second-order valence-electron chi connectivity index (χ2n) is 17.4. The number of para-hydroxylation sites is 2. The predicted octanol–water partition coefficient (Wildman–Crippen LogP) is 14.8. The van der Waals surface area contributed by atoms with Crippen molar-refractivity contribution in [1.29, 1.82) is 0 Å². The summed E-state index contributed by atoms with van der Waals surface area (Å²) in [5.41, 5.74) is 25.1. The molecule has 0 aliphatic carbocycles. The van der Waals surface area contributed by atoms with E-state index < -0.39 is 0 Å². The van der Waals surface area contributed by atoms with Gasteiger partial charge >= 0.3 is 0 Å². The van der Waals surface area contributed by atoms with Crippen LogP contribution in [0.3, 0.4) is 0 Å². The molecule has 2 aliphatic heterocycles. The molecule has 0 saturated heterocycles. The van der Waals surface area contributed by atoms with Gasteiger partial charge < -0.3 is 14.4 Å². The monoisotopic (exact) mass is 836 g/mol. The smallest absolute Gasteiger partial charge is 0.0973 e. The number of hydrogen-bond donors (Lipinski definition) is 2. The largest absolute Gasteiger partial charge is 0.354 e. The number of rotatable bonds is 5. The van der Waals surface area contributed by atoms with Crippen LogP contribution in [0, 0.1) is 27.7 Å². The Hall–Kier alpha value is -8.35. The van der Waals surface area contributed by atoms with E-state index in [2.05, 4.69) is 224 Å². The lowest BCUT2D eigenvalue weighted by Crippen LogP contribution is -1.99. The molecule has 0 fully saturated rings. The number of aromatic nitrogens is 6. The highest BCUT2D eigenvalue weighted by Gasteiger charge is 2.26. The van der Waals surface area contributed by atoms with Crippen LogP contribution in [0.15, 0.2) is 164 Å². The normalized spacial score (nSPS) is 12.3. The van der Waals surface area contributed by atoms with Crippen molar-refractivity contribution in [3.63, 3.8) is 0 Å². The molecule has 0 amide bonds. The van der Waals surface area contributed by atoms with Crippen LogP contribution in [0.5, 0.6) is 0 Å². The van der Waals surface area contributed by atoms with Gasteiger partial charge in [0, 0.05) is 56.1 Å². The summed E-state index contributed by atoms with van der Waals surface area (Å²) >= 11 is 0. The number of aryl methyl sites for hydroxylation is 4. The third-order valence-corrected chi connectivity index (χ3v) is 12.8. The number of fused-ring (bicyclic) bond motifs is 11. The van der Waals surface area contributed by atoms with Gasteiger partial charge in [-0.3, -0.25) is 0 Å². The number of nitrogens with one attached hydrogen (secondary N) is 2. The maximum Gasteiger partial charge on any atom is 0.0973 e. The molecular weight excluding hydrogens is 793 g/mol. The molecule has 0 atom stereocenters. The summed E-state index contributed by atoms with van der Waals surface area (Å²) in [6.45, 7) is 8.51. The van der Waals surface area contributed by atoms with Crippen LogP contribution >= 0.6 is 0 Å². The van der Waals surface area contributed by atoms with Gasteiger partial charge in [-0.05, 0) is 117 Å². The van der Waals surface area contributed by atoms with Gasteiger partial charge in [0.2, 0.25) is 0 Å². The van der Waals surface area contributed by atoms with E-state index in [9.17, 15) is 0 Å². The van der Waals surface area contributed by atoms with E-state index in [-0.39, 0.29) is 0 Å². The summed E-state index contributed by atoms with van der Waals surface area (Å²) in [5, 5.41) is 0. The summed E-state index contributed by atoms with van der Waals surface area (Å²) in [6, 6.07) is 56.4. The van der Waals surface area contributed by atoms with Gasteiger partial charge in [-0.2, -0.15) is 0 Å². The average molecular weight is 837 g/mol. The Balaban J connectivity index is 1.30. The predicted molar refractivity (Wildman–Crippen MR) is 270 cm³/mol. The Bertz CT molecular complexity index is 3760. The highest BCUT2D eigenvalue weighted by molar-refractivity contribution is 6.07. The van der Waals surface area contributed by atoms with Crippen LogP contribution < -0.4 is 0 Å². The van der Waals surface area contributed by atoms with Gasteiger partial charge in [-0.15, -0.1) is 0 Å². The molecule has 6 nitrogen and oxygen atoms in total. The van der Waals surface area contributed by atoms with Gasteiger partial charge in [0.15, 0.2) is 0 Å². The minimum absolute atomic E-state index is 0.837. The Morgan fingerprint density at radius 3 is 1.31 bits per heavy atom. The zero-order chi connectivity index (χ0) is 43.8. The number of aromatic amines is 2. The summed E-state index contributed by atoms with van der Waals surface area (Å²) in [6.07, 6.45) is 8.70. The van der Waals surface area contributed by atoms with Crippen LogP contribution in [0.2, 0.25) is 0 Å². The SMILES string of the molecule is Cc1ccc(-c2c3nc(c(-c4ccc(C)cc4)c4ccc([nH]4)c(-c4ccc(C)cc4)c4nc(c(-c5ccc(C)cc5)c5ccc2[nH]5)C=C4c2nc4ccccc4n4cccc24)C=C3)cc1. The molecule has 2 aliphatic rings. The average Bonchev–Trinajstić information content (AvgIpc) is 4.19. The van der Waals surface area contributed by atoms with Gasteiger partial charge in [0.1, 0.15) is 0 Å². The van der Waals surface area contributed by atoms with Crippen molar-refractivity contribution in [2.75, 3.05) is 0 Å². The number of benzene rings is 5. The fourth-order valence-electron chi connectivity index (χ4n) is 9.48. The van der Waals surface area contributed by atoms with Crippen LogP contribution in [0.1, 0.15) is 50.7 Å². The molecule has 8 bridgehead atoms. The minimum atomic E-state index is 0.837. The van der Waals surface area contributed by atoms with Crippen molar-refractivity contribution in [3.05, 3.63) is 215 Å².